The summed E-state index contributed by atoms with van der Waals surface area (Å²) in [5.41, 5.74) is 0. The molecule has 0 bridgehead atoms. The van der Waals surface area contributed by atoms with E-state index in [1.165, 1.54) is 0 Å². The number of hydrogen-bond donors (Lipinski definition) is 1. The highest BCUT2D eigenvalue weighted by Crippen LogP contribution is 1.97. The maximum Gasteiger partial charge on any atom is 0.219 e. The Bertz CT molecular complexity index is 168. The number of nitrogens with zero attached hydrogens (tertiary/aromatic N) is 3. The first-order valence-electron chi connectivity index (χ1n) is 4.27. The first kappa shape index (κ1) is 9.19. The van der Waals surface area contributed by atoms with Gasteiger partial charge in [-0.3, -0.25) is 4.99 Å². The zero-order chi connectivity index (χ0) is 8.81. The molecule has 0 unspecified atom stereocenters. The molecule has 0 aromatic rings. The van der Waals surface area contributed by atoms with Gasteiger partial charge in [0, 0.05) is 26.7 Å². The summed E-state index contributed by atoms with van der Waals surface area (Å²) in [5.74, 6) is 0.763. The minimum atomic E-state index is 0.763. The van der Waals surface area contributed by atoms with E-state index in [9.17, 15) is 0 Å². The van der Waals surface area contributed by atoms with Crippen LogP contribution in [0.15, 0.2) is 9.98 Å². The summed E-state index contributed by atoms with van der Waals surface area (Å²) < 4.78 is 0. The first-order chi connectivity index (χ1) is 5.88. The highest BCUT2D eigenvalue weighted by Gasteiger charge is 2.10. The van der Waals surface area contributed by atoms with E-state index in [0.717, 1.165) is 38.6 Å². The van der Waals surface area contributed by atoms with Gasteiger partial charge in [-0.25, -0.2) is 4.99 Å². The summed E-state index contributed by atoms with van der Waals surface area (Å²) in [5, 5.41) is 3.32. The molecule has 0 aromatic carbocycles. The molecule has 1 fully saturated rings. The van der Waals surface area contributed by atoms with Crippen molar-refractivity contribution in [2.24, 2.45) is 9.98 Å². The van der Waals surface area contributed by atoms with Crippen LogP contribution in [-0.2, 0) is 0 Å². The number of rotatable bonds is 0. The molecule has 0 saturated carbocycles. The van der Waals surface area contributed by atoms with E-state index < -0.39 is 0 Å². The second-order valence-electron chi connectivity index (χ2n) is 2.77. The lowest BCUT2D eigenvalue weighted by molar-refractivity contribution is 0.441. The van der Waals surface area contributed by atoms with Gasteiger partial charge in [0.25, 0.3) is 0 Å². The van der Waals surface area contributed by atoms with E-state index in [4.69, 9.17) is 0 Å². The number of aliphatic imine (C=N–C) groups is 2. The first-order valence-corrected chi connectivity index (χ1v) is 4.27. The predicted molar refractivity (Wildman–Crippen MR) is 52.0 cm³/mol. The Morgan fingerprint density at radius 2 is 2.25 bits per heavy atom. The summed E-state index contributed by atoms with van der Waals surface area (Å²) >= 11 is 0. The third-order valence-electron chi connectivity index (χ3n) is 1.96. The number of guanidine groups is 1. The lowest BCUT2D eigenvalue weighted by atomic mass is 10.4. The van der Waals surface area contributed by atoms with Gasteiger partial charge in [-0.2, -0.15) is 0 Å². The third kappa shape index (κ3) is 2.30. The molecule has 1 heterocycles. The maximum absolute atomic E-state index is 4.06. The summed E-state index contributed by atoms with van der Waals surface area (Å²) in [7, 11) is 1.75. The molecule has 1 saturated heterocycles. The molecule has 1 rings (SSSR count). The fourth-order valence-corrected chi connectivity index (χ4v) is 1.36. The summed E-state index contributed by atoms with van der Waals surface area (Å²) in [6, 6.07) is 0. The van der Waals surface area contributed by atoms with Gasteiger partial charge in [-0.05, 0) is 19.7 Å². The van der Waals surface area contributed by atoms with Crippen molar-refractivity contribution in [3.05, 3.63) is 0 Å². The van der Waals surface area contributed by atoms with Crippen molar-refractivity contribution in [1.29, 1.82) is 0 Å². The van der Waals surface area contributed by atoms with E-state index in [1.807, 2.05) is 0 Å². The van der Waals surface area contributed by atoms with Crippen molar-refractivity contribution < 1.29 is 0 Å². The fourth-order valence-electron chi connectivity index (χ4n) is 1.36. The minimum Gasteiger partial charge on any atom is -0.340 e. The summed E-state index contributed by atoms with van der Waals surface area (Å²) in [6.45, 7) is 7.60. The molecule has 0 aromatic heterocycles. The standard InChI is InChI=1S/C8H16N4/c1-9-8(10-2)12-6-3-4-11-5-7-12/h11H,1,3-7H2,2H3/b10-8+. The van der Waals surface area contributed by atoms with Crippen molar-refractivity contribution in [2.75, 3.05) is 33.2 Å². The van der Waals surface area contributed by atoms with Gasteiger partial charge >= 0.3 is 0 Å². The molecular weight excluding hydrogens is 152 g/mol. The lowest BCUT2D eigenvalue weighted by Crippen LogP contribution is -2.32. The molecule has 1 aliphatic heterocycles. The maximum atomic E-state index is 4.06. The zero-order valence-electron chi connectivity index (χ0n) is 7.58. The fraction of sp³-hybridized carbons (Fsp3) is 0.750. The average molecular weight is 168 g/mol. The van der Waals surface area contributed by atoms with Crippen molar-refractivity contribution in [2.45, 2.75) is 6.42 Å². The van der Waals surface area contributed by atoms with Gasteiger partial charge in [-0.15, -0.1) is 0 Å². The Hall–Kier alpha value is -0.900. The Labute approximate surface area is 73.4 Å². The molecule has 1 aliphatic rings. The molecular formula is C8H16N4. The van der Waals surface area contributed by atoms with Crippen LogP contribution in [0.5, 0.6) is 0 Å². The predicted octanol–water partition coefficient (Wildman–Crippen LogP) is -0.0319. The van der Waals surface area contributed by atoms with Crippen LogP contribution >= 0.6 is 0 Å². The van der Waals surface area contributed by atoms with E-state index in [-0.39, 0.29) is 0 Å². The van der Waals surface area contributed by atoms with Crippen molar-refractivity contribution >= 4 is 12.7 Å². The Morgan fingerprint density at radius 1 is 1.42 bits per heavy atom. The topological polar surface area (TPSA) is 40.0 Å². The van der Waals surface area contributed by atoms with Crippen LogP contribution in [0.4, 0.5) is 0 Å². The number of hydrogen-bond acceptors (Lipinski definition) is 2. The lowest BCUT2D eigenvalue weighted by Gasteiger charge is -2.19. The molecule has 0 amide bonds. The molecule has 12 heavy (non-hydrogen) atoms. The van der Waals surface area contributed by atoms with Gasteiger partial charge in [0.05, 0.1) is 0 Å². The van der Waals surface area contributed by atoms with E-state index in [2.05, 4.69) is 26.9 Å². The van der Waals surface area contributed by atoms with Crippen LogP contribution in [0.1, 0.15) is 6.42 Å². The normalized spacial score (nSPS) is 20.4. The van der Waals surface area contributed by atoms with E-state index in [1.54, 1.807) is 7.05 Å². The number of nitrogens with one attached hydrogen (secondary N) is 1. The van der Waals surface area contributed by atoms with E-state index >= 15 is 0 Å². The molecule has 1 N–H and O–H groups in total. The van der Waals surface area contributed by atoms with Gasteiger partial charge in [-0.1, -0.05) is 0 Å². The van der Waals surface area contributed by atoms with Gasteiger partial charge in [0.2, 0.25) is 5.96 Å². The highest BCUT2D eigenvalue weighted by molar-refractivity contribution is 5.84. The molecule has 4 nitrogen and oxygen atoms in total. The zero-order valence-corrected chi connectivity index (χ0v) is 7.58. The smallest absolute Gasteiger partial charge is 0.219 e. The minimum absolute atomic E-state index is 0.763. The highest BCUT2D eigenvalue weighted by atomic mass is 15.3. The summed E-state index contributed by atoms with van der Waals surface area (Å²) in [6.07, 6.45) is 1.15. The molecule has 0 atom stereocenters. The molecule has 0 radical (unpaired) electrons. The largest absolute Gasteiger partial charge is 0.340 e. The van der Waals surface area contributed by atoms with E-state index in [0.29, 0.717) is 0 Å². The van der Waals surface area contributed by atoms with Crippen molar-refractivity contribution in [1.82, 2.24) is 10.2 Å². The molecule has 0 aliphatic carbocycles. The van der Waals surface area contributed by atoms with Gasteiger partial charge in [0.1, 0.15) is 0 Å². The van der Waals surface area contributed by atoms with Crippen LogP contribution in [-0.4, -0.2) is 50.8 Å². The van der Waals surface area contributed by atoms with Crippen LogP contribution < -0.4 is 5.32 Å². The summed E-state index contributed by atoms with van der Waals surface area (Å²) in [4.78, 5) is 10.1. The Morgan fingerprint density at radius 3 is 2.92 bits per heavy atom. The van der Waals surface area contributed by atoms with Crippen molar-refractivity contribution in [3.8, 4) is 0 Å². The van der Waals surface area contributed by atoms with Crippen LogP contribution in [0, 0.1) is 0 Å². The molecule has 68 valence electrons. The molecule has 4 heteroatoms. The quantitative estimate of drug-likeness (QED) is 0.407. The Kier molecular flexibility index (Phi) is 3.73. The van der Waals surface area contributed by atoms with Crippen LogP contribution in [0.3, 0.4) is 0 Å². The van der Waals surface area contributed by atoms with Crippen LogP contribution in [0.25, 0.3) is 0 Å². The SMILES string of the molecule is C=N/C(=N\C)N1CCCNCC1. The Balaban J connectivity index is 2.52. The second kappa shape index (κ2) is 4.87. The molecule has 0 spiro atoms. The van der Waals surface area contributed by atoms with Gasteiger partial charge in [0.15, 0.2) is 0 Å². The second-order valence-corrected chi connectivity index (χ2v) is 2.77. The monoisotopic (exact) mass is 168 g/mol. The van der Waals surface area contributed by atoms with Gasteiger partial charge < -0.3 is 10.2 Å². The van der Waals surface area contributed by atoms with Crippen molar-refractivity contribution in [3.63, 3.8) is 0 Å². The third-order valence-corrected chi connectivity index (χ3v) is 1.96. The van der Waals surface area contributed by atoms with Crippen LogP contribution in [0.2, 0.25) is 0 Å². The average Bonchev–Trinajstić information content (AvgIpc) is 2.35.